The fraction of sp³-hybridized carbons (Fsp3) is 0.300. The Morgan fingerprint density at radius 1 is 0.750 bits per heavy atom. The number of allylic oxidation sites excluding steroid dienone is 1. The van der Waals surface area contributed by atoms with E-state index in [0.717, 1.165) is 27.8 Å². The minimum absolute atomic E-state index is 0.193. The number of benzene rings is 3. The highest BCUT2D eigenvalue weighted by Gasteiger charge is 2.94. The van der Waals surface area contributed by atoms with Gasteiger partial charge in [-0.2, -0.15) is 0 Å². The number of hydrogen-bond donors (Lipinski definition) is 1. The zero-order valence-corrected chi connectivity index (χ0v) is 18.6. The van der Waals surface area contributed by atoms with Gasteiger partial charge in [0.05, 0.1) is 5.92 Å². The van der Waals surface area contributed by atoms with Gasteiger partial charge in [-0.25, -0.2) is 0 Å². The Morgan fingerprint density at radius 2 is 1.31 bits per heavy atom. The van der Waals surface area contributed by atoms with Crippen LogP contribution in [-0.4, -0.2) is 16.5 Å². The summed E-state index contributed by atoms with van der Waals surface area (Å²) in [4.78, 5) is 14.4. The van der Waals surface area contributed by atoms with Gasteiger partial charge in [0.25, 0.3) is 0 Å². The van der Waals surface area contributed by atoms with E-state index < -0.39 is 21.8 Å². The monoisotopic (exact) mass is 418 g/mol. The summed E-state index contributed by atoms with van der Waals surface area (Å²) in [5.74, 6) is -0.224. The van der Waals surface area contributed by atoms with Crippen molar-refractivity contribution in [3.05, 3.63) is 113 Å². The van der Waals surface area contributed by atoms with Crippen LogP contribution in [0.15, 0.2) is 90.5 Å². The molecule has 2 nitrogen and oxygen atoms in total. The molecule has 0 spiro atoms. The van der Waals surface area contributed by atoms with Crippen LogP contribution in [0.25, 0.3) is 5.57 Å². The number of Topliss-reactive ketones (excluding diaryl/α,β-unsaturated/α-hetero) is 1. The maximum atomic E-state index is 14.4. The summed E-state index contributed by atoms with van der Waals surface area (Å²) in [7, 11) is 0. The Hall–Kier alpha value is -2.97. The number of carbonyl (C=O) groups is 1. The largest absolute Gasteiger partial charge is 0.384 e. The zero-order valence-electron chi connectivity index (χ0n) is 18.6. The zero-order chi connectivity index (χ0) is 22.1. The molecule has 6 unspecified atom stereocenters. The Kier molecular flexibility index (Phi) is 3.09. The molecule has 7 rings (SSSR count). The molecule has 0 amide bonds. The Balaban J connectivity index is 1.66. The minimum atomic E-state index is -1.12. The first-order valence-electron chi connectivity index (χ1n) is 11.6. The average molecular weight is 419 g/mol. The molecule has 4 bridgehead atoms. The van der Waals surface area contributed by atoms with Crippen molar-refractivity contribution in [1.82, 2.24) is 0 Å². The van der Waals surface area contributed by atoms with E-state index in [1.54, 1.807) is 0 Å². The summed E-state index contributed by atoms with van der Waals surface area (Å²) in [6, 6.07) is 29.2. The van der Waals surface area contributed by atoms with Crippen molar-refractivity contribution in [3.8, 4) is 0 Å². The maximum Gasteiger partial charge on any atom is 0.148 e. The van der Waals surface area contributed by atoms with E-state index >= 15 is 0 Å². The van der Waals surface area contributed by atoms with Gasteiger partial charge in [0.15, 0.2) is 0 Å². The Bertz CT molecular complexity index is 1360. The molecule has 0 saturated heterocycles. The summed E-state index contributed by atoms with van der Waals surface area (Å²) >= 11 is 0. The summed E-state index contributed by atoms with van der Waals surface area (Å²) in [6.45, 7) is 6.34. The summed E-state index contributed by atoms with van der Waals surface area (Å²) in [5, 5.41) is 13.0. The molecule has 3 aromatic carbocycles. The van der Waals surface area contributed by atoms with Gasteiger partial charge in [-0.1, -0.05) is 104 Å². The molecule has 3 aromatic rings. The van der Waals surface area contributed by atoms with Crippen LogP contribution in [0.2, 0.25) is 0 Å². The molecule has 4 aliphatic rings. The van der Waals surface area contributed by atoms with Gasteiger partial charge in [-0.05, 0) is 34.8 Å². The molecule has 6 atom stereocenters. The molecule has 0 radical (unpaired) electrons. The molecule has 1 N–H and O–H groups in total. The average Bonchev–Trinajstić information content (AvgIpc) is 3.39. The summed E-state index contributed by atoms with van der Waals surface area (Å²) < 4.78 is 0. The van der Waals surface area contributed by atoms with Crippen molar-refractivity contribution >= 4 is 11.4 Å². The van der Waals surface area contributed by atoms with Gasteiger partial charge in [0.2, 0.25) is 0 Å². The topological polar surface area (TPSA) is 37.3 Å². The third kappa shape index (κ3) is 1.51. The molecule has 4 aliphatic carbocycles. The van der Waals surface area contributed by atoms with Gasteiger partial charge < -0.3 is 5.11 Å². The lowest BCUT2D eigenvalue weighted by molar-refractivity contribution is -0.139. The molecule has 0 aliphatic heterocycles. The van der Waals surface area contributed by atoms with Crippen molar-refractivity contribution in [3.63, 3.8) is 0 Å². The van der Waals surface area contributed by atoms with Crippen molar-refractivity contribution < 1.29 is 9.90 Å². The number of carbonyl (C=O) groups excluding carboxylic acids is 1. The second kappa shape index (κ2) is 5.32. The van der Waals surface area contributed by atoms with Crippen LogP contribution in [0.5, 0.6) is 0 Å². The fourth-order valence-electron chi connectivity index (χ4n) is 8.70. The summed E-state index contributed by atoms with van der Waals surface area (Å²) in [6.07, 6.45) is 0. The van der Waals surface area contributed by atoms with E-state index in [1.807, 2.05) is 24.3 Å². The second-order valence-corrected chi connectivity index (χ2v) is 10.5. The van der Waals surface area contributed by atoms with E-state index in [9.17, 15) is 9.90 Å². The third-order valence-corrected chi connectivity index (χ3v) is 9.72. The van der Waals surface area contributed by atoms with E-state index in [4.69, 9.17) is 0 Å². The lowest BCUT2D eigenvalue weighted by atomic mass is 9.53. The lowest BCUT2D eigenvalue weighted by Gasteiger charge is -2.52. The predicted octanol–water partition coefficient (Wildman–Crippen LogP) is 5.30. The number of rotatable bonds is 2. The minimum Gasteiger partial charge on any atom is -0.384 e. The highest BCUT2D eigenvalue weighted by molar-refractivity contribution is 6.08. The highest BCUT2D eigenvalue weighted by Crippen LogP contribution is 2.89. The Morgan fingerprint density at radius 3 is 1.97 bits per heavy atom. The van der Waals surface area contributed by atoms with Gasteiger partial charge >= 0.3 is 0 Å². The van der Waals surface area contributed by atoms with E-state index in [-0.39, 0.29) is 17.6 Å². The third-order valence-electron chi connectivity index (χ3n) is 9.72. The van der Waals surface area contributed by atoms with E-state index in [1.165, 1.54) is 5.56 Å². The first-order valence-corrected chi connectivity index (χ1v) is 11.6. The smallest absolute Gasteiger partial charge is 0.148 e. The fourth-order valence-corrected chi connectivity index (χ4v) is 8.70. The molecule has 2 heteroatoms. The second-order valence-electron chi connectivity index (χ2n) is 10.5. The number of fused-ring (bicyclic) bond motifs is 3. The van der Waals surface area contributed by atoms with Crippen LogP contribution in [-0.2, 0) is 15.6 Å². The normalized spacial score (nSPS) is 40.3. The van der Waals surface area contributed by atoms with E-state index in [0.29, 0.717) is 0 Å². The van der Waals surface area contributed by atoms with Crippen molar-refractivity contribution in [2.45, 2.75) is 37.2 Å². The number of aliphatic hydroxyl groups is 1. The van der Waals surface area contributed by atoms with Gasteiger partial charge in [0.1, 0.15) is 11.4 Å². The highest BCUT2D eigenvalue weighted by atomic mass is 16.3. The van der Waals surface area contributed by atoms with Gasteiger partial charge in [-0.15, -0.1) is 0 Å². The van der Waals surface area contributed by atoms with Gasteiger partial charge in [0, 0.05) is 22.2 Å². The molecule has 158 valence electrons. The lowest BCUT2D eigenvalue weighted by Crippen LogP contribution is -2.60. The van der Waals surface area contributed by atoms with Crippen LogP contribution < -0.4 is 0 Å². The number of ketones is 1. The SMILES string of the molecule is CC1=C(c2ccccc2)C2(O)C3C4(C)C(=O)C1C2(C)c1ccccc1C34c1ccccc1. The molecule has 32 heavy (non-hydrogen) atoms. The molecule has 0 aromatic heterocycles. The molecular weight excluding hydrogens is 392 g/mol. The van der Waals surface area contributed by atoms with Crippen LogP contribution in [0.1, 0.15) is 43.0 Å². The van der Waals surface area contributed by atoms with Crippen molar-refractivity contribution in [2.75, 3.05) is 0 Å². The van der Waals surface area contributed by atoms with Crippen LogP contribution in [0.3, 0.4) is 0 Å². The standard InChI is InChI=1S/C30H26O2/c1-18-23(19-12-6-4-7-13-19)30(32)26-28(3)25(31)24(18)27(30,2)21-16-10-11-17-22(21)29(26,28)20-14-8-5-9-15-20/h4-17,24,26,32H,1-3H3. The predicted molar refractivity (Wildman–Crippen MR) is 125 cm³/mol. The van der Waals surface area contributed by atoms with Crippen molar-refractivity contribution in [1.29, 1.82) is 0 Å². The van der Waals surface area contributed by atoms with Crippen LogP contribution in [0.4, 0.5) is 0 Å². The quantitative estimate of drug-likeness (QED) is 0.613. The van der Waals surface area contributed by atoms with Crippen LogP contribution in [0, 0.1) is 17.3 Å². The number of hydrogen-bond acceptors (Lipinski definition) is 2. The first kappa shape index (κ1) is 18.6. The summed E-state index contributed by atoms with van der Waals surface area (Å²) in [5.41, 5.74) is 3.61. The Labute approximate surface area is 188 Å². The van der Waals surface area contributed by atoms with Gasteiger partial charge in [-0.3, -0.25) is 4.79 Å². The van der Waals surface area contributed by atoms with Crippen LogP contribution >= 0.6 is 0 Å². The maximum absolute atomic E-state index is 14.4. The molecule has 2 saturated carbocycles. The molecule has 0 heterocycles. The first-order chi connectivity index (χ1) is 15.4. The van der Waals surface area contributed by atoms with Crippen molar-refractivity contribution in [2.24, 2.45) is 17.3 Å². The van der Waals surface area contributed by atoms with E-state index in [2.05, 4.69) is 81.4 Å². The molecular formula is C30H26O2. The molecule has 2 fully saturated rings.